The zero-order valence-electron chi connectivity index (χ0n) is 10.6. The molecule has 1 aliphatic carbocycles. The van der Waals surface area contributed by atoms with Crippen molar-refractivity contribution in [3.05, 3.63) is 34.3 Å². The number of rotatable bonds is 2. The van der Waals surface area contributed by atoms with Crippen LogP contribution in [0, 0.1) is 18.8 Å². The second-order valence-corrected chi connectivity index (χ2v) is 5.91. The van der Waals surface area contributed by atoms with Crippen LogP contribution in [-0.4, -0.2) is 5.11 Å². The SMILES string of the molecule is Cc1ccc(Cl)cc1C(O)C1CCCC(C)C1. The third-order valence-electron chi connectivity index (χ3n) is 3.98. The molecule has 0 amide bonds. The highest BCUT2D eigenvalue weighted by Crippen LogP contribution is 2.38. The fraction of sp³-hybridized carbons (Fsp3) is 0.600. The molecule has 0 aliphatic heterocycles. The lowest BCUT2D eigenvalue weighted by Gasteiger charge is -2.31. The van der Waals surface area contributed by atoms with E-state index in [1.165, 1.54) is 12.8 Å². The largest absolute Gasteiger partial charge is 0.388 e. The van der Waals surface area contributed by atoms with Crippen LogP contribution in [0.1, 0.15) is 49.8 Å². The van der Waals surface area contributed by atoms with Crippen LogP contribution in [0.15, 0.2) is 18.2 Å². The Hall–Kier alpha value is -0.530. The molecule has 1 saturated carbocycles. The maximum Gasteiger partial charge on any atom is 0.0821 e. The van der Waals surface area contributed by atoms with Crippen LogP contribution in [0.4, 0.5) is 0 Å². The molecule has 1 aliphatic rings. The number of aliphatic hydroxyl groups is 1. The van der Waals surface area contributed by atoms with Crippen molar-refractivity contribution in [3.8, 4) is 0 Å². The first kappa shape index (κ1) is 12.9. The average Bonchev–Trinajstić information content (AvgIpc) is 2.31. The first-order valence-electron chi connectivity index (χ1n) is 6.52. The lowest BCUT2D eigenvalue weighted by molar-refractivity contribution is 0.0709. The van der Waals surface area contributed by atoms with Crippen molar-refractivity contribution < 1.29 is 5.11 Å². The maximum absolute atomic E-state index is 10.5. The monoisotopic (exact) mass is 252 g/mol. The van der Waals surface area contributed by atoms with Crippen LogP contribution >= 0.6 is 11.6 Å². The Balaban J connectivity index is 2.18. The summed E-state index contributed by atoms with van der Waals surface area (Å²) in [5, 5.41) is 11.2. The van der Waals surface area contributed by atoms with E-state index in [2.05, 4.69) is 6.92 Å². The van der Waals surface area contributed by atoms with Crippen molar-refractivity contribution in [3.63, 3.8) is 0 Å². The first-order valence-corrected chi connectivity index (χ1v) is 6.90. The number of aliphatic hydroxyl groups excluding tert-OH is 1. The number of halogens is 1. The molecule has 0 bridgehead atoms. The summed E-state index contributed by atoms with van der Waals surface area (Å²) in [6.07, 6.45) is 4.46. The minimum absolute atomic E-state index is 0.351. The second-order valence-electron chi connectivity index (χ2n) is 5.48. The average molecular weight is 253 g/mol. The predicted molar refractivity (Wildman–Crippen MR) is 72.3 cm³/mol. The normalized spacial score (nSPS) is 26.8. The molecule has 94 valence electrons. The summed E-state index contributed by atoms with van der Waals surface area (Å²) in [6.45, 7) is 4.32. The fourth-order valence-corrected chi connectivity index (χ4v) is 3.13. The lowest BCUT2D eigenvalue weighted by atomic mass is 9.77. The zero-order chi connectivity index (χ0) is 12.4. The molecule has 0 radical (unpaired) electrons. The number of aryl methyl sites for hydroxylation is 1. The minimum atomic E-state index is -0.351. The van der Waals surface area contributed by atoms with Crippen molar-refractivity contribution in [2.24, 2.45) is 11.8 Å². The van der Waals surface area contributed by atoms with Crippen molar-refractivity contribution in [2.45, 2.75) is 45.6 Å². The van der Waals surface area contributed by atoms with E-state index in [4.69, 9.17) is 11.6 Å². The van der Waals surface area contributed by atoms with Crippen LogP contribution in [0.5, 0.6) is 0 Å². The summed E-state index contributed by atoms with van der Waals surface area (Å²) in [5.41, 5.74) is 2.15. The van der Waals surface area contributed by atoms with E-state index in [-0.39, 0.29) is 6.10 Å². The van der Waals surface area contributed by atoms with Crippen LogP contribution in [0.25, 0.3) is 0 Å². The molecule has 17 heavy (non-hydrogen) atoms. The molecular formula is C15H21ClO. The van der Waals surface area contributed by atoms with Gasteiger partial charge in [-0.25, -0.2) is 0 Å². The van der Waals surface area contributed by atoms with Gasteiger partial charge in [0.15, 0.2) is 0 Å². The Kier molecular flexibility index (Phi) is 4.11. The number of benzene rings is 1. The predicted octanol–water partition coefficient (Wildman–Crippen LogP) is 4.51. The van der Waals surface area contributed by atoms with Crippen molar-refractivity contribution in [1.82, 2.24) is 0 Å². The fourth-order valence-electron chi connectivity index (χ4n) is 2.95. The van der Waals surface area contributed by atoms with Gasteiger partial charge in [-0.1, -0.05) is 37.4 Å². The van der Waals surface area contributed by atoms with Crippen molar-refractivity contribution in [1.29, 1.82) is 0 Å². The van der Waals surface area contributed by atoms with Crippen LogP contribution in [-0.2, 0) is 0 Å². The smallest absolute Gasteiger partial charge is 0.0821 e. The van der Waals surface area contributed by atoms with Crippen molar-refractivity contribution >= 4 is 11.6 Å². The Morgan fingerprint density at radius 1 is 1.35 bits per heavy atom. The van der Waals surface area contributed by atoms with E-state index in [1.807, 2.05) is 25.1 Å². The highest BCUT2D eigenvalue weighted by molar-refractivity contribution is 6.30. The Morgan fingerprint density at radius 2 is 2.12 bits per heavy atom. The van der Waals surface area contributed by atoms with Gasteiger partial charge >= 0.3 is 0 Å². The third-order valence-corrected chi connectivity index (χ3v) is 4.22. The first-order chi connectivity index (χ1) is 8.08. The molecule has 1 aromatic carbocycles. The summed E-state index contributed by atoms with van der Waals surface area (Å²) < 4.78 is 0. The number of hydrogen-bond acceptors (Lipinski definition) is 1. The number of hydrogen-bond donors (Lipinski definition) is 1. The molecule has 0 heterocycles. The molecule has 1 aromatic rings. The van der Waals surface area contributed by atoms with Gasteiger partial charge in [-0.05, 0) is 54.9 Å². The summed E-state index contributed by atoms with van der Waals surface area (Å²) in [4.78, 5) is 0. The van der Waals surface area contributed by atoms with Gasteiger partial charge in [0, 0.05) is 5.02 Å². The Bertz CT molecular complexity index is 389. The molecule has 1 N–H and O–H groups in total. The summed E-state index contributed by atoms with van der Waals surface area (Å²) in [6, 6.07) is 5.80. The third kappa shape index (κ3) is 3.02. The molecule has 0 saturated heterocycles. The van der Waals surface area contributed by atoms with E-state index in [0.717, 1.165) is 29.9 Å². The highest BCUT2D eigenvalue weighted by Gasteiger charge is 2.27. The molecule has 1 fully saturated rings. The molecule has 0 aromatic heterocycles. The molecule has 2 heteroatoms. The Labute approximate surface area is 109 Å². The zero-order valence-corrected chi connectivity index (χ0v) is 11.4. The summed E-state index contributed by atoms with van der Waals surface area (Å²) in [7, 11) is 0. The van der Waals surface area contributed by atoms with Gasteiger partial charge in [0.05, 0.1) is 6.10 Å². The van der Waals surface area contributed by atoms with E-state index >= 15 is 0 Å². The molecule has 1 nitrogen and oxygen atoms in total. The van der Waals surface area contributed by atoms with Gasteiger partial charge in [0.1, 0.15) is 0 Å². The Morgan fingerprint density at radius 3 is 2.82 bits per heavy atom. The molecule has 0 spiro atoms. The van der Waals surface area contributed by atoms with Crippen LogP contribution in [0.3, 0.4) is 0 Å². The molecule has 3 atom stereocenters. The minimum Gasteiger partial charge on any atom is -0.388 e. The standard InChI is InChI=1S/C15H21ClO/c1-10-4-3-5-12(8-10)15(17)14-9-13(16)7-6-11(14)2/h6-7,9-10,12,15,17H,3-5,8H2,1-2H3. The topological polar surface area (TPSA) is 20.2 Å². The van der Waals surface area contributed by atoms with Crippen molar-refractivity contribution in [2.75, 3.05) is 0 Å². The summed E-state index contributed by atoms with van der Waals surface area (Å²) >= 11 is 6.02. The molecule has 3 unspecified atom stereocenters. The van der Waals surface area contributed by atoms with E-state index in [1.54, 1.807) is 0 Å². The van der Waals surface area contributed by atoms with Crippen LogP contribution < -0.4 is 0 Å². The molecule has 2 rings (SSSR count). The van der Waals surface area contributed by atoms with Gasteiger partial charge in [0.25, 0.3) is 0 Å². The lowest BCUT2D eigenvalue weighted by Crippen LogP contribution is -2.20. The summed E-state index contributed by atoms with van der Waals surface area (Å²) in [5.74, 6) is 1.14. The van der Waals surface area contributed by atoms with Gasteiger partial charge in [-0.2, -0.15) is 0 Å². The van der Waals surface area contributed by atoms with Crippen LogP contribution in [0.2, 0.25) is 5.02 Å². The highest BCUT2D eigenvalue weighted by atomic mass is 35.5. The van der Waals surface area contributed by atoms with E-state index < -0.39 is 0 Å². The van der Waals surface area contributed by atoms with Gasteiger partial charge in [-0.15, -0.1) is 0 Å². The van der Waals surface area contributed by atoms with Gasteiger partial charge in [-0.3, -0.25) is 0 Å². The van der Waals surface area contributed by atoms with Gasteiger partial charge < -0.3 is 5.11 Å². The van der Waals surface area contributed by atoms with E-state index in [0.29, 0.717) is 10.9 Å². The maximum atomic E-state index is 10.5. The van der Waals surface area contributed by atoms with Gasteiger partial charge in [0.2, 0.25) is 0 Å². The quantitative estimate of drug-likeness (QED) is 0.821. The second kappa shape index (κ2) is 5.41. The molecular weight excluding hydrogens is 232 g/mol. The van der Waals surface area contributed by atoms with E-state index in [9.17, 15) is 5.11 Å².